The maximum absolute atomic E-state index is 13.6. The van der Waals surface area contributed by atoms with Gasteiger partial charge >= 0.3 is 0 Å². The Balaban J connectivity index is 1.66. The van der Waals surface area contributed by atoms with E-state index in [1.165, 1.54) is 24.3 Å². The third kappa shape index (κ3) is 2.80. The first-order valence-corrected chi connectivity index (χ1v) is 9.57. The van der Waals surface area contributed by atoms with E-state index in [0.717, 1.165) is 20.8 Å². The summed E-state index contributed by atoms with van der Waals surface area (Å²) in [4.78, 5) is 3.10. The Kier molecular flexibility index (Phi) is 4.06. The fraction of sp³-hybridized carbons (Fsp3) is 0.222. The van der Waals surface area contributed by atoms with Crippen molar-refractivity contribution in [2.75, 3.05) is 13.1 Å². The zero-order valence-electron chi connectivity index (χ0n) is 13.7. The van der Waals surface area contributed by atoms with E-state index in [2.05, 4.69) is 4.98 Å². The van der Waals surface area contributed by atoms with E-state index in [9.17, 15) is 17.2 Å². The average molecular weight is 377 g/mol. The number of hydrogen-bond acceptors (Lipinski definition) is 3. The number of alkyl halides is 1. The summed E-state index contributed by atoms with van der Waals surface area (Å²) >= 11 is 0. The maximum atomic E-state index is 13.6. The summed E-state index contributed by atoms with van der Waals surface area (Å²) in [5.74, 6) is -0.331. The van der Waals surface area contributed by atoms with Gasteiger partial charge in [-0.1, -0.05) is 12.1 Å². The van der Waals surface area contributed by atoms with Gasteiger partial charge in [0.2, 0.25) is 10.0 Å². The number of sulfonamides is 1. The lowest BCUT2D eigenvalue weighted by Gasteiger charge is -2.15. The van der Waals surface area contributed by atoms with Gasteiger partial charge in [-0.05, 0) is 35.9 Å². The molecular weight excluding hydrogens is 360 g/mol. The molecule has 1 fully saturated rings. The van der Waals surface area contributed by atoms with Crippen LogP contribution in [0.25, 0.3) is 22.0 Å². The number of nitrogens with two attached hydrogens (primary N) is 1. The van der Waals surface area contributed by atoms with Crippen molar-refractivity contribution in [3.63, 3.8) is 0 Å². The van der Waals surface area contributed by atoms with E-state index in [-0.39, 0.29) is 23.8 Å². The van der Waals surface area contributed by atoms with Gasteiger partial charge in [0.25, 0.3) is 0 Å². The van der Waals surface area contributed by atoms with Crippen molar-refractivity contribution in [2.45, 2.75) is 17.1 Å². The molecule has 0 aliphatic carbocycles. The summed E-state index contributed by atoms with van der Waals surface area (Å²) in [6, 6.07) is 10.0. The van der Waals surface area contributed by atoms with Gasteiger partial charge in [-0.25, -0.2) is 17.2 Å². The van der Waals surface area contributed by atoms with Crippen LogP contribution < -0.4 is 5.73 Å². The highest BCUT2D eigenvalue weighted by Crippen LogP contribution is 2.30. The number of aromatic amines is 1. The van der Waals surface area contributed by atoms with Gasteiger partial charge in [-0.15, -0.1) is 0 Å². The third-order valence-corrected chi connectivity index (χ3v) is 6.55. The number of aromatic nitrogens is 1. The molecule has 0 bridgehead atoms. The molecule has 4 rings (SSSR count). The molecule has 3 N–H and O–H groups in total. The quantitative estimate of drug-likeness (QED) is 0.736. The summed E-state index contributed by atoms with van der Waals surface area (Å²) in [5.41, 5.74) is 7.89. The summed E-state index contributed by atoms with van der Waals surface area (Å²) in [7, 11) is -3.78. The molecule has 3 aromatic rings. The molecule has 2 heterocycles. The molecule has 1 saturated heterocycles. The Morgan fingerprint density at radius 3 is 2.50 bits per heavy atom. The van der Waals surface area contributed by atoms with Crippen LogP contribution in [0.5, 0.6) is 0 Å². The first kappa shape index (κ1) is 17.1. The zero-order valence-corrected chi connectivity index (χ0v) is 14.5. The number of hydrogen-bond donors (Lipinski definition) is 2. The van der Waals surface area contributed by atoms with Gasteiger partial charge in [0.05, 0.1) is 10.9 Å². The van der Waals surface area contributed by atoms with Crippen LogP contribution in [-0.2, 0) is 10.0 Å². The third-order valence-electron chi connectivity index (χ3n) is 4.70. The molecule has 1 aliphatic rings. The maximum Gasteiger partial charge on any atom is 0.243 e. The summed E-state index contributed by atoms with van der Waals surface area (Å²) in [6.45, 7) is -0.251. The Morgan fingerprint density at radius 1 is 1.12 bits per heavy atom. The van der Waals surface area contributed by atoms with Crippen molar-refractivity contribution in [1.82, 2.24) is 9.29 Å². The van der Waals surface area contributed by atoms with Gasteiger partial charge in [-0.3, -0.25) is 0 Å². The molecule has 0 radical (unpaired) electrons. The number of halogens is 2. The molecular formula is C18H17F2N3O2S. The fourth-order valence-corrected chi connectivity index (χ4v) is 4.73. The van der Waals surface area contributed by atoms with Crippen molar-refractivity contribution >= 4 is 20.9 Å². The summed E-state index contributed by atoms with van der Waals surface area (Å²) < 4.78 is 53.2. The van der Waals surface area contributed by atoms with E-state index in [0.29, 0.717) is 5.52 Å². The van der Waals surface area contributed by atoms with E-state index in [1.807, 2.05) is 0 Å². The van der Waals surface area contributed by atoms with E-state index < -0.39 is 22.2 Å². The first-order chi connectivity index (χ1) is 12.4. The average Bonchev–Trinajstić information content (AvgIpc) is 3.18. The molecule has 0 saturated carbocycles. The summed E-state index contributed by atoms with van der Waals surface area (Å²) in [5, 5.41) is 0.841. The van der Waals surface area contributed by atoms with Gasteiger partial charge in [0, 0.05) is 35.8 Å². The minimum Gasteiger partial charge on any atom is -0.360 e. The molecule has 0 spiro atoms. The topological polar surface area (TPSA) is 79.2 Å². The molecule has 8 heteroatoms. The van der Waals surface area contributed by atoms with Crippen molar-refractivity contribution in [1.29, 1.82) is 0 Å². The largest absolute Gasteiger partial charge is 0.360 e. The molecule has 5 nitrogen and oxygen atoms in total. The van der Waals surface area contributed by atoms with Crippen molar-refractivity contribution in [3.05, 3.63) is 54.5 Å². The SMILES string of the molecule is N[C@H]1CN(S(=O)(=O)c2ccc(-c3c[nH]c4cc(F)ccc34)cc2)CC1F. The van der Waals surface area contributed by atoms with Crippen molar-refractivity contribution < 1.29 is 17.2 Å². The van der Waals surface area contributed by atoms with Crippen LogP contribution in [-0.4, -0.2) is 43.0 Å². The highest BCUT2D eigenvalue weighted by atomic mass is 32.2. The van der Waals surface area contributed by atoms with Crippen LogP contribution in [0.3, 0.4) is 0 Å². The number of benzene rings is 2. The number of rotatable bonds is 3. The predicted octanol–water partition coefficient (Wildman–Crippen LogP) is 2.64. The standard InChI is InChI=1S/C18H17F2N3O2S/c19-12-3-6-14-15(8-22-18(14)7-12)11-1-4-13(5-2-11)26(24,25)23-9-16(20)17(21)10-23/h1-8,16-17,22H,9-10,21H2/t16?,17-/m0/s1. The Hall–Kier alpha value is -2.29. The molecule has 0 amide bonds. The number of fused-ring (bicyclic) bond motifs is 1. The molecule has 1 unspecified atom stereocenters. The highest BCUT2D eigenvalue weighted by molar-refractivity contribution is 7.89. The van der Waals surface area contributed by atoms with Crippen LogP contribution in [0.2, 0.25) is 0 Å². The van der Waals surface area contributed by atoms with Gasteiger partial charge in [-0.2, -0.15) is 4.31 Å². The number of nitrogens with one attached hydrogen (secondary N) is 1. The minimum atomic E-state index is -3.78. The monoisotopic (exact) mass is 377 g/mol. The molecule has 2 aromatic carbocycles. The van der Waals surface area contributed by atoms with Crippen molar-refractivity contribution in [2.24, 2.45) is 5.73 Å². The minimum absolute atomic E-state index is 0.0285. The Bertz CT molecular complexity index is 1050. The zero-order chi connectivity index (χ0) is 18.5. The lowest BCUT2D eigenvalue weighted by Crippen LogP contribution is -2.32. The molecule has 26 heavy (non-hydrogen) atoms. The smallest absolute Gasteiger partial charge is 0.243 e. The van der Waals surface area contributed by atoms with Crippen LogP contribution in [0.1, 0.15) is 0 Å². The molecule has 2 atom stereocenters. The second-order valence-electron chi connectivity index (χ2n) is 6.42. The van der Waals surface area contributed by atoms with Crippen LogP contribution in [0.4, 0.5) is 8.78 Å². The van der Waals surface area contributed by atoms with Gasteiger partial charge in [0.15, 0.2) is 0 Å². The lowest BCUT2D eigenvalue weighted by atomic mass is 10.1. The fourth-order valence-electron chi connectivity index (χ4n) is 3.24. The van der Waals surface area contributed by atoms with Crippen LogP contribution in [0, 0.1) is 5.82 Å². The van der Waals surface area contributed by atoms with E-state index in [1.54, 1.807) is 24.4 Å². The van der Waals surface area contributed by atoms with Crippen LogP contribution in [0.15, 0.2) is 53.6 Å². The second-order valence-corrected chi connectivity index (χ2v) is 8.36. The number of H-pyrrole nitrogens is 1. The number of nitrogens with zero attached hydrogens (tertiary/aromatic N) is 1. The Labute approximate surface area is 149 Å². The second kappa shape index (κ2) is 6.15. The van der Waals surface area contributed by atoms with E-state index in [4.69, 9.17) is 5.73 Å². The molecule has 1 aliphatic heterocycles. The van der Waals surface area contributed by atoms with Crippen LogP contribution >= 0.6 is 0 Å². The normalized spacial score (nSPS) is 21.5. The lowest BCUT2D eigenvalue weighted by molar-refractivity contribution is 0.322. The highest BCUT2D eigenvalue weighted by Gasteiger charge is 2.37. The van der Waals surface area contributed by atoms with Gasteiger partial charge in [0.1, 0.15) is 12.0 Å². The van der Waals surface area contributed by atoms with Gasteiger partial charge < -0.3 is 10.7 Å². The molecule has 136 valence electrons. The van der Waals surface area contributed by atoms with E-state index >= 15 is 0 Å². The van der Waals surface area contributed by atoms with Crippen molar-refractivity contribution in [3.8, 4) is 11.1 Å². The first-order valence-electron chi connectivity index (χ1n) is 8.13. The predicted molar refractivity (Wildman–Crippen MR) is 95.3 cm³/mol. The molecule has 1 aromatic heterocycles. The summed E-state index contributed by atoms with van der Waals surface area (Å²) in [6.07, 6.45) is 0.400. The Morgan fingerprint density at radius 2 is 1.85 bits per heavy atom.